The molecule has 1 aromatic heterocycles. The summed E-state index contributed by atoms with van der Waals surface area (Å²) in [5, 5.41) is 0. The van der Waals surface area contributed by atoms with Gasteiger partial charge in [0.2, 0.25) is 6.71 Å². The fourth-order valence-corrected chi connectivity index (χ4v) is 3.71. The Morgan fingerprint density at radius 2 is 1.81 bits per heavy atom. The van der Waals surface area contributed by atoms with E-state index in [1.165, 1.54) is 22.1 Å². The summed E-state index contributed by atoms with van der Waals surface area (Å²) in [4.78, 5) is 9.21. The summed E-state index contributed by atoms with van der Waals surface area (Å²) in [7, 11) is 0. The highest BCUT2D eigenvalue weighted by atomic mass is 14.8. The summed E-state index contributed by atoms with van der Waals surface area (Å²) < 4.78 is 0. The fraction of sp³-hybridized carbons (Fsp3) is 0.0833. The summed E-state index contributed by atoms with van der Waals surface area (Å²) in [6.07, 6.45) is 13.3. The van der Waals surface area contributed by atoms with Gasteiger partial charge in [0.15, 0.2) is 0 Å². The normalized spacial score (nSPS) is 17.0. The Morgan fingerprint density at radius 3 is 2.52 bits per heavy atom. The predicted molar refractivity (Wildman–Crippen MR) is 120 cm³/mol. The molecule has 0 amide bonds. The maximum Gasteiger partial charge on any atom is 0.245 e. The Balaban J connectivity index is 2.27. The molecule has 132 valence electrons. The van der Waals surface area contributed by atoms with E-state index in [4.69, 9.17) is 0 Å². The van der Waals surface area contributed by atoms with Gasteiger partial charge in [0.05, 0.1) is 11.4 Å². The molecule has 3 rings (SSSR count). The molecule has 0 bridgehead atoms. The van der Waals surface area contributed by atoms with Crippen LogP contribution >= 0.6 is 0 Å². The number of fused-ring (bicyclic) bond motifs is 1. The Morgan fingerprint density at radius 1 is 1.04 bits per heavy atom. The zero-order valence-corrected chi connectivity index (χ0v) is 15.9. The van der Waals surface area contributed by atoms with Crippen molar-refractivity contribution in [2.24, 2.45) is 4.99 Å². The fourth-order valence-electron chi connectivity index (χ4n) is 3.71. The maximum absolute atomic E-state index is 4.68. The Kier molecular flexibility index (Phi) is 5.82. The molecule has 2 aromatic rings. The zero-order valence-electron chi connectivity index (χ0n) is 15.9. The van der Waals surface area contributed by atoms with Crippen molar-refractivity contribution in [1.82, 2.24) is 4.98 Å². The second kappa shape index (κ2) is 8.46. The number of pyridine rings is 1. The Labute approximate surface area is 162 Å². The average molecular weight is 350 g/mol. The lowest BCUT2D eigenvalue weighted by atomic mass is 9.38. The quantitative estimate of drug-likeness (QED) is 0.580. The highest BCUT2D eigenvalue weighted by Crippen LogP contribution is 2.32. The molecule has 3 heteroatoms. The van der Waals surface area contributed by atoms with Crippen molar-refractivity contribution in [2.75, 3.05) is 0 Å². The van der Waals surface area contributed by atoms with Crippen LogP contribution in [0.5, 0.6) is 0 Å². The van der Waals surface area contributed by atoms with E-state index >= 15 is 0 Å². The number of hydrogen-bond acceptors (Lipinski definition) is 2. The zero-order chi connectivity index (χ0) is 19.2. The van der Waals surface area contributed by atoms with Gasteiger partial charge < -0.3 is 0 Å². The van der Waals surface area contributed by atoms with E-state index in [2.05, 4.69) is 72.5 Å². The third kappa shape index (κ3) is 3.41. The molecule has 0 atom stereocenters. The smallest absolute Gasteiger partial charge is 0.245 e. The van der Waals surface area contributed by atoms with Crippen molar-refractivity contribution in [3.63, 3.8) is 0 Å². The monoisotopic (exact) mass is 350 g/mol. The van der Waals surface area contributed by atoms with Crippen LogP contribution in [0.25, 0.3) is 11.3 Å². The SMILES string of the molecule is C=C/C=N\C(=C/C)c1ncccc1B1C(=C/C=C)/C(=C\C)c2ccccc21. The molecule has 2 nitrogen and oxygen atoms in total. The van der Waals surface area contributed by atoms with Crippen LogP contribution in [0.3, 0.4) is 0 Å². The Bertz CT molecular complexity index is 993. The molecule has 2 heterocycles. The van der Waals surface area contributed by atoms with Gasteiger partial charge in [-0.3, -0.25) is 9.98 Å². The van der Waals surface area contributed by atoms with Gasteiger partial charge in [0.25, 0.3) is 0 Å². The topological polar surface area (TPSA) is 25.2 Å². The highest BCUT2D eigenvalue weighted by Gasteiger charge is 2.36. The van der Waals surface area contributed by atoms with Gasteiger partial charge in [-0.2, -0.15) is 0 Å². The molecule has 0 N–H and O–H groups in total. The van der Waals surface area contributed by atoms with Crippen LogP contribution in [0.2, 0.25) is 0 Å². The molecule has 0 aliphatic carbocycles. The van der Waals surface area contributed by atoms with E-state index in [0.29, 0.717) is 0 Å². The first kappa shape index (κ1) is 18.6. The first-order chi connectivity index (χ1) is 13.3. The number of nitrogens with zero attached hydrogens (tertiary/aromatic N) is 2. The van der Waals surface area contributed by atoms with Crippen LogP contribution in [-0.2, 0) is 0 Å². The molecule has 1 aliphatic rings. The number of aromatic nitrogens is 1. The summed E-state index contributed by atoms with van der Waals surface area (Å²) >= 11 is 0. The molecular formula is C24H23BN2. The number of allylic oxidation sites excluding steroid dienone is 7. The Hall–Kier alpha value is -3.20. The van der Waals surface area contributed by atoms with Crippen LogP contribution in [0.1, 0.15) is 25.1 Å². The summed E-state index contributed by atoms with van der Waals surface area (Å²) in [5.41, 5.74) is 7.93. The van der Waals surface area contributed by atoms with Crippen molar-refractivity contribution in [3.8, 4) is 0 Å². The van der Waals surface area contributed by atoms with Gasteiger partial charge >= 0.3 is 0 Å². The van der Waals surface area contributed by atoms with Gasteiger partial charge in [-0.1, -0.05) is 84.8 Å². The molecule has 0 saturated heterocycles. The number of rotatable bonds is 5. The first-order valence-corrected chi connectivity index (χ1v) is 9.12. The minimum Gasteiger partial charge on any atom is -0.255 e. The lowest BCUT2D eigenvalue weighted by Crippen LogP contribution is -2.43. The van der Waals surface area contributed by atoms with E-state index in [-0.39, 0.29) is 6.71 Å². The van der Waals surface area contributed by atoms with Crippen molar-refractivity contribution < 1.29 is 0 Å². The lowest BCUT2D eigenvalue weighted by Gasteiger charge is -2.15. The van der Waals surface area contributed by atoms with E-state index in [0.717, 1.165) is 16.9 Å². The maximum atomic E-state index is 4.68. The van der Waals surface area contributed by atoms with Crippen LogP contribution in [0, 0.1) is 0 Å². The molecule has 0 spiro atoms. The van der Waals surface area contributed by atoms with Crippen molar-refractivity contribution in [1.29, 1.82) is 0 Å². The van der Waals surface area contributed by atoms with Crippen LogP contribution in [0.15, 0.2) is 96.6 Å². The molecule has 0 saturated carbocycles. The summed E-state index contributed by atoms with van der Waals surface area (Å²) in [6, 6.07) is 12.7. The van der Waals surface area contributed by atoms with Crippen LogP contribution < -0.4 is 10.9 Å². The molecule has 1 aliphatic heterocycles. The van der Waals surface area contributed by atoms with Crippen molar-refractivity contribution >= 4 is 35.1 Å². The van der Waals surface area contributed by atoms with E-state index in [1.54, 1.807) is 12.3 Å². The largest absolute Gasteiger partial charge is 0.255 e. The van der Waals surface area contributed by atoms with E-state index in [9.17, 15) is 0 Å². The molecule has 0 fully saturated rings. The molecule has 1 aromatic carbocycles. The van der Waals surface area contributed by atoms with Gasteiger partial charge in [0.1, 0.15) is 0 Å². The minimum absolute atomic E-state index is 0.1000. The first-order valence-electron chi connectivity index (χ1n) is 9.12. The minimum atomic E-state index is 0.1000. The number of hydrogen-bond donors (Lipinski definition) is 0. The summed E-state index contributed by atoms with van der Waals surface area (Å²) in [6.45, 7) is 11.8. The van der Waals surface area contributed by atoms with Crippen LogP contribution in [-0.4, -0.2) is 17.9 Å². The predicted octanol–water partition coefficient (Wildman–Crippen LogP) is 4.38. The summed E-state index contributed by atoms with van der Waals surface area (Å²) in [5.74, 6) is 0. The standard InChI is InChI=1S/C24H23BN2/c1-5-12-20-18(7-3)19-13-9-10-14-21(19)25(20)22-15-11-17-27-24(22)23(8-4)26-16-6-2/h5-17H,1-2H2,3-4H3/b18-7-,20-12+,23-8-,26-16-. The van der Waals surface area contributed by atoms with Crippen LogP contribution in [0.4, 0.5) is 0 Å². The molecular weight excluding hydrogens is 327 g/mol. The van der Waals surface area contributed by atoms with Gasteiger partial charge in [-0.25, -0.2) is 0 Å². The molecule has 0 unspecified atom stereocenters. The van der Waals surface area contributed by atoms with Crippen molar-refractivity contribution in [2.45, 2.75) is 13.8 Å². The van der Waals surface area contributed by atoms with Crippen molar-refractivity contribution in [3.05, 3.63) is 103 Å². The third-order valence-electron chi connectivity index (χ3n) is 4.76. The average Bonchev–Trinajstić information content (AvgIpc) is 3.02. The number of aliphatic imine (C=N–C) groups is 1. The molecule has 27 heavy (non-hydrogen) atoms. The second-order valence-electron chi connectivity index (χ2n) is 6.21. The lowest BCUT2D eigenvalue weighted by molar-refractivity contribution is 1.27. The molecule has 0 radical (unpaired) electrons. The third-order valence-corrected chi connectivity index (χ3v) is 4.76. The number of benzene rings is 1. The van der Waals surface area contributed by atoms with Gasteiger partial charge in [0, 0.05) is 12.4 Å². The van der Waals surface area contributed by atoms with E-state index in [1.807, 2.05) is 31.3 Å². The van der Waals surface area contributed by atoms with Gasteiger partial charge in [-0.05, 0) is 36.5 Å². The van der Waals surface area contributed by atoms with E-state index < -0.39 is 0 Å². The van der Waals surface area contributed by atoms with Gasteiger partial charge in [-0.15, -0.1) is 0 Å². The second-order valence-corrected chi connectivity index (χ2v) is 6.21. The highest BCUT2D eigenvalue weighted by molar-refractivity contribution is 6.95.